The minimum atomic E-state index is -4.69. The van der Waals surface area contributed by atoms with Crippen LogP contribution in [-0.4, -0.2) is 53.9 Å². The SMILES string of the molecule is COc1ccc2nccc(NC(=O)C3CCN(CCc4ccc(OC(F)(F)F)cc4)CC3)c2n1. The zero-order valence-corrected chi connectivity index (χ0v) is 18.6. The lowest BCUT2D eigenvalue weighted by Gasteiger charge is -2.31. The molecule has 1 aliphatic heterocycles. The number of fused-ring (bicyclic) bond motifs is 1. The molecule has 2 aromatic heterocycles. The lowest BCUT2D eigenvalue weighted by molar-refractivity contribution is -0.274. The highest BCUT2D eigenvalue weighted by atomic mass is 19.4. The first-order valence-electron chi connectivity index (χ1n) is 11.0. The van der Waals surface area contributed by atoms with E-state index in [-0.39, 0.29) is 17.6 Å². The van der Waals surface area contributed by atoms with Crippen LogP contribution in [0.3, 0.4) is 0 Å². The van der Waals surface area contributed by atoms with Crippen molar-refractivity contribution < 1.29 is 27.4 Å². The van der Waals surface area contributed by atoms with Gasteiger partial charge in [0.2, 0.25) is 11.8 Å². The fraction of sp³-hybridized carbons (Fsp3) is 0.375. The number of alkyl halides is 3. The summed E-state index contributed by atoms with van der Waals surface area (Å²) in [6.45, 7) is 2.32. The molecular formula is C24H25F3N4O3. The number of ether oxygens (including phenoxy) is 2. The molecule has 1 saturated heterocycles. The molecule has 4 rings (SSSR count). The summed E-state index contributed by atoms with van der Waals surface area (Å²) in [6, 6.07) is 11.2. The molecule has 1 N–H and O–H groups in total. The molecule has 34 heavy (non-hydrogen) atoms. The van der Waals surface area contributed by atoms with Crippen LogP contribution in [0.5, 0.6) is 11.6 Å². The van der Waals surface area contributed by atoms with E-state index in [1.54, 1.807) is 36.5 Å². The minimum absolute atomic E-state index is 0.0444. The first-order chi connectivity index (χ1) is 16.3. The molecule has 0 spiro atoms. The largest absolute Gasteiger partial charge is 0.573 e. The van der Waals surface area contributed by atoms with E-state index in [4.69, 9.17) is 4.74 Å². The highest BCUT2D eigenvalue weighted by Crippen LogP contribution is 2.26. The molecule has 1 amide bonds. The van der Waals surface area contributed by atoms with Crippen LogP contribution in [0.25, 0.3) is 11.0 Å². The van der Waals surface area contributed by atoms with Crippen molar-refractivity contribution in [1.82, 2.24) is 14.9 Å². The quantitative estimate of drug-likeness (QED) is 0.546. The van der Waals surface area contributed by atoms with Crippen LogP contribution < -0.4 is 14.8 Å². The number of likely N-dealkylation sites (tertiary alicyclic amines) is 1. The normalized spacial score (nSPS) is 15.3. The van der Waals surface area contributed by atoms with Crippen LogP contribution in [0.1, 0.15) is 18.4 Å². The average molecular weight is 474 g/mol. The average Bonchev–Trinajstić information content (AvgIpc) is 2.83. The number of methoxy groups -OCH3 is 1. The summed E-state index contributed by atoms with van der Waals surface area (Å²) in [5, 5.41) is 2.99. The highest BCUT2D eigenvalue weighted by Gasteiger charge is 2.31. The standard InChI is InChI=1S/C24H25F3N4O3/c1-33-21-7-6-19-22(30-21)20(8-12-28-19)29-23(32)17-10-14-31(15-11-17)13-9-16-2-4-18(5-3-16)34-24(25,26)27/h2-8,12,17H,9-11,13-15H2,1H3,(H,28,29,32). The molecule has 0 saturated carbocycles. The van der Waals surface area contributed by atoms with E-state index in [1.807, 2.05) is 0 Å². The van der Waals surface area contributed by atoms with Gasteiger partial charge in [-0.2, -0.15) is 0 Å². The summed E-state index contributed by atoms with van der Waals surface area (Å²) in [4.78, 5) is 23.8. The van der Waals surface area contributed by atoms with E-state index in [0.717, 1.165) is 38.0 Å². The Morgan fingerprint density at radius 1 is 1.12 bits per heavy atom. The maximum absolute atomic E-state index is 12.9. The van der Waals surface area contributed by atoms with Crippen molar-refractivity contribution in [2.45, 2.75) is 25.6 Å². The molecule has 0 radical (unpaired) electrons. The van der Waals surface area contributed by atoms with Crippen molar-refractivity contribution in [2.75, 3.05) is 32.1 Å². The number of nitrogens with one attached hydrogen (secondary N) is 1. The third-order valence-electron chi connectivity index (χ3n) is 5.86. The molecule has 1 aliphatic rings. The van der Waals surface area contributed by atoms with Crippen LogP contribution >= 0.6 is 0 Å². The Morgan fingerprint density at radius 2 is 1.85 bits per heavy atom. The second-order valence-corrected chi connectivity index (χ2v) is 8.13. The second kappa shape index (κ2) is 10.3. The Balaban J connectivity index is 1.27. The number of hydrogen-bond acceptors (Lipinski definition) is 6. The molecule has 7 nitrogen and oxygen atoms in total. The van der Waals surface area contributed by atoms with Crippen LogP contribution in [-0.2, 0) is 11.2 Å². The molecule has 180 valence electrons. The van der Waals surface area contributed by atoms with Gasteiger partial charge in [-0.3, -0.25) is 9.78 Å². The number of benzene rings is 1. The van der Waals surface area contributed by atoms with Gasteiger partial charge in [0.15, 0.2) is 0 Å². The van der Waals surface area contributed by atoms with Gasteiger partial charge in [0.25, 0.3) is 0 Å². The van der Waals surface area contributed by atoms with E-state index in [0.29, 0.717) is 29.0 Å². The third kappa shape index (κ3) is 6.13. The molecule has 0 atom stereocenters. The number of anilines is 1. The molecule has 3 heterocycles. The molecular weight excluding hydrogens is 449 g/mol. The van der Waals surface area contributed by atoms with E-state index >= 15 is 0 Å². The van der Waals surface area contributed by atoms with Crippen LogP contribution in [0.15, 0.2) is 48.7 Å². The summed E-state index contributed by atoms with van der Waals surface area (Å²) in [5.41, 5.74) is 2.79. The lowest BCUT2D eigenvalue weighted by atomic mass is 9.95. The van der Waals surface area contributed by atoms with Crippen LogP contribution in [0.2, 0.25) is 0 Å². The topological polar surface area (TPSA) is 76.6 Å². The van der Waals surface area contributed by atoms with Gasteiger partial charge in [0.05, 0.1) is 18.3 Å². The van der Waals surface area contributed by atoms with Crippen molar-refractivity contribution in [1.29, 1.82) is 0 Å². The Kier molecular flexibility index (Phi) is 7.16. The van der Waals surface area contributed by atoms with Gasteiger partial charge < -0.3 is 19.7 Å². The number of nitrogens with zero attached hydrogens (tertiary/aromatic N) is 3. The fourth-order valence-electron chi connectivity index (χ4n) is 4.02. The molecule has 0 aliphatic carbocycles. The predicted octanol–water partition coefficient (Wildman–Crippen LogP) is 4.43. The van der Waals surface area contributed by atoms with Gasteiger partial charge in [0.1, 0.15) is 11.3 Å². The van der Waals surface area contributed by atoms with Gasteiger partial charge in [-0.1, -0.05) is 12.1 Å². The summed E-state index contributed by atoms with van der Waals surface area (Å²) in [5.74, 6) is 0.0754. The van der Waals surface area contributed by atoms with Gasteiger partial charge in [-0.25, -0.2) is 4.98 Å². The molecule has 10 heteroatoms. The molecule has 1 fully saturated rings. The Hall–Kier alpha value is -3.40. The number of rotatable bonds is 7. The van der Waals surface area contributed by atoms with Crippen molar-refractivity contribution in [3.8, 4) is 11.6 Å². The van der Waals surface area contributed by atoms with Crippen molar-refractivity contribution in [3.05, 3.63) is 54.2 Å². The number of hydrogen-bond donors (Lipinski definition) is 1. The number of amides is 1. The first-order valence-corrected chi connectivity index (χ1v) is 11.0. The van der Waals surface area contributed by atoms with Crippen LogP contribution in [0, 0.1) is 5.92 Å². The summed E-state index contributed by atoms with van der Waals surface area (Å²) in [7, 11) is 1.54. The number of carbonyl (C=O) groups excluding carboxylic acids is 1. The Labute approximate surface area is 194 Å². The van der Waals surface area contributed by atoms with Crippen molar-refractivity contribution in [2.24, 2.45) is 5.92 Å². The Morgan fingerprint density at radius 3 is 2.53 bits per heavy atom. The van der Waals surface area contributed by atoms with Crippen LogP contribution in [0.4, 0.5) is 18.9 Å². The number of aromatic nitrogens is 2. The predicted molar refractivity (Wildman–Crippen MR) is 121 cm³/mol. The summed E-state index contributed by atoms with van der Waals surface area (Å²) >= 11 is 0. The van der Waals surface area contributed by atoms with E-state index in [2.05, 4.69) is 24.9 Å². The Bertz CT molecular complexity index is 1130. The smallest absolute Gasteiger partial charge is 0.481 e. The number of halogens is 3. The van der Waals surface area contributed by atoms with Crippen molar-refractivity contribution >= 4 is 22.6 Å². The summed E-state index contributed by atoms with van der Waals surface area (Å²) in [6.07, 6.45) is -0.893. The van der Waals surface area contributed by atoms with Gasteiger partial charge in [-0.05, 0) is 62.2 Å². The van der Waals surface area contributed by atoms with Gasteiger partial charge >= 0.3 is 6.36 Å². The third-order valence-corrected chi connectivity index (χ3v) is 5.86. The van der Waals surface area contributed by atoms with Gasteiger partial charge in [-0.15, -0.1) is 13.2 Å². The number of pyridine rings is 2. The van der Waals surface area contributed by atoms with E-state index in [1.165, 1.54) is 19.2 Å². The fourth-order valence-corrected chi connectivity index (χ4v) is 4.02. The zero-order valence-electron chi connectivity index (χ0n) is 18.6. The lowest BCUT2D eigenvalue weighted by Crippen LogP contribution is -2.39. The van der Waals surface area contributed by atoms with E-state index in [9.17, 15) is 18.0 Å². The first kappa shape index (κ1) is 23.7. The molecule has 1 aromatic carbocycles. The van der Waals surface area contributed by atoms with E-state index < -0.39 is 6.36 Å². The summed E-state index contributed by atoms with van der Waals surface area (Å²) < 4.78 is 45.9. The zero-order chi connectivity index (χ0) is 24.1. The number of piperidine rings is 1. The minimum Gasteiger partial charge on any atom is -0.481 e. The molecule has 0 bridgehead atoms. The molecule has 3 aromatic rings. The monoisotopic (exact) mass is 474 g/mol. The maximum Gasteiger partial charge on any atom is 0.573 e. The number of carbonyl (C=O) groups is 1. The van der Waals surface area contributed by atoms with Crippen molar-refractivity contribution in [3.63, 3.8) is 0 Å². The second-order valence-electron chi connectivity index (χ2n) is 8.13. The highest BCUT2D eigenvalue weighted by molar-refractivity contribution is 6.00. The molecule has 0 unspecified atom stereocenters. The van der Waals surface area contributed by atoms with Gasteiger partial charge in [0, 0.05) is 24.7 Å². The maximum atomic E-state index is 12.9.